The molecule has 0 aliphatic heterocycles. The number of nitrogens with zero attached hydrogens (tertiary/aromatic N) is 3. The molecule has 3 aromatic carbocycles. The molecule has 0 spiro atoms. The van der Waals surface area contributed by atoms with E-state index < -0.39 is 0 Å². The van der Waals surface area contributed by atoms with Crippen LogP contribution in [0, 0.1) is 0 Å². The van der Waals surface area contributed by atoms with Crippen molar-refractivity contribution in [3.63, 3.8) is 0 Å². The van der Waals surface area contributed by atoms with Crippen molar-refractivity contribution in [3.8, 4) is 16.9 Å². The minimum atomic E-state index is -0.326. The van der Waals surface area contributed by atoms with E-state index in [0.29, 0.717) is 42.9 Å². The van der Waals surface area contributed by atoms with E-state index in [0.717, 1.165) is 69.2 Å². The van der Waals surface area contributed by atoms with E-state index in [1.165, 1.54) is 0 Å². The number of ether oxygens (including phenoxy) is 2. The molecule has 0 amide bonds. The minimum Gasteiger partial charge on any atom is -0.493 e. The predicted octanol–water partition coefficient (Wildman–Crippen LogP) is 6.80. The highest BCUT2D eigenvalue weighted by atomic mass is 79.9. The smallest absolute Gasteiger partial charge is 0.355 e. The van der Waals surface area contributed by atoms with Crippen molar-refractivity contribution < 1.29 is 19.4 Å². The van der Waals surface area contributed by atoms with E-state index in [1.54, 1.807) is 4.68 Å². The van der Waals surface area contributed by atoms with E-state index in [1.807, 2.05) is 51.4 Å². The first-order valence-corrected chi connectivity index (χ1v) is 15.9. The maximum Gasteiger partial charge on any atom is 0.355 e. The molecule has 8 nitrogen and oxygen atoms in total. The third-order valence-corrected chi connectivity index (χ3v) is 8.36. The zero-order valence-corrected chi connectivity index (χ0v) is 27.8. The number of para-hydroxylation sites is 1. The zero-order valence-electron chi connectivity index (χ0n) is 25.4. The highest BCUT2D eigenvalue weighted by Crippen LogP contribution is 2.39. The Morgan fingerprint density at radius 1 is 1.05 bits per heavy atom. The van der Waals surface area contributed by atoms with Crippen molar-refractivity contribution in [2.75, 3.05) is 26.8 Å². The van der Waals surface area contributed by atoms with Gasteiger partial charge >= 0.3 is 5.97 Å². The Balaban J connectivity index is 0.00000442. The highest BCUT2D eigenvalue weighted by molar-refractivity contribution is 9.08. The quantitative estimate of drug-likeness (QED) is 0.0761. The van der Waals surface area contributed by atoms with Crippen LogP contribution in [0.5, 0.6) is 5.75 Å². The molecule has 44 heavy (non-hydrogen) atoms. The second kappa shape index (κ2) is 15.6. The predicted molar refractivity (Wildman–Crippen MR) is 182 cm³/mol. The molecule has 0 aliphatic carbocycles. The van der Waals surface area contributed by atoms with Gasteiger partial charge in [0.1, 0.15) is 11.4 Å². The van der Waals surface area contributed by atoms with Crippen LogP contribution in [-0.2, 0) is 36.7 Å². The highest BCUT2D eigenvalue weighted by Gasteiger charge is 2.27. The summed E-state index contributed by atoms with van der Waals surface area (Å²) in [4.78, 5) is 13.6. The van der Waals surface area contributed by atoms with Crippen LogP contribution in [0.15, 0.2) is 60.7 Å². The summed E-state index contributed by atoms with van der Waals surface area (Å²) >= 11 is 3.63. The summed E-state index contributed by atoms with van der Waals surface area (Å²) in [5.74, 6) is 0.532. The van der Waals surface area contributed by atoms with E-state index in [-0.39, 0.29) is 25.0 Å². The Kier molecular flexibility index (Phi) is 11.9. The molecule has 234 valence electrons. The third kappa shape index (κ3) is 6.66. The molecule has 5 aromatic rings. The van der Waals surface area contributed by atoms with Crippen LogP contribution in [0.3, 0.4) is 0 Å². The second-order valence-electron chi connectivity index (χ2n) is 10.5. The van der Waals surface area contributed by atoms with Gasteiger partial charge in [0.2, 0.25) is 0 Å². The van der Waals surface area contributed by atoms with Gasteiger partial charge in [-0.3, -0.25) is 4.68 Å². The number of aliphatic hydroxyl groups is 1. The molecule has 2 N–H and O–H groups in total. The molecule has 0 unspecified atom stereocenters. The standard InChI is InChI=1S/C34H39BrN4O4.ClH/c1-4-42-34(41)33-26(16-9-20-43-30-17-7-12-23-11-5-6-13-24(23)30)25-14-8-15-27(32(25)39(33)19-10-18-36-2)31-28(22-40)37-38(3)29(31)21-35;/h5-8,11-15,17,36,40H,4,9-10,16,18-22H2,1-3H3;1H. The number of aromatic nitrogens is 3. The molecule has 0 saturated heterocycles. The number of alkyl halides is 1. The fourth-order valence-corrected chi connectivity index (χ4v) is 6.60. The molecular formula is C34H40BrClN4O4. The average molecular weight is 684 g/mol. The monoisotopic (exact) mass is 682 g/mol. The first-order valence-electron chi connectivity index (χ1n) is 14.8. The molecule has 5 rings (SSSR count). The number of rotatable bonds is 14. The van der Waals surface area contributed by atoms with Gasteiger partial charge in [-0.05, 0) is 56.8 Å². The summed E-state index contributed by atoms with van der Waals surface area (Å²) in [6.07, 6.45) is 2.19. The third-order valence-electron chi connectivity index (χ3n) is 7.83. The van der Waals surface area contributed by atoms with Gasteiger partial charge in [0.15, 0.2) is 0 Å². The van der Waals surface area contributed by atoms with E-state index in [9.17, 15) is 9.90 Å². The van der Waals surface area contributed by atoms with E-state index >= 15 is 0 Å². The lowest BCUT2D eigenvalue weighted by Gasteiger charge is -2.14. The van der Waals surface area contributed by atoms with Crippen LogP contribution >= 0.6 is 28.3 Å². The molecule has 10 heteroatoms. The number of carbonyl (C=O) groups is 1. The van der Waals surface area contributed by atoms with Gasteiger partial charge in [-0.2, -0.15) is 5.10 Å². The summed E-state index contributed by atoms with van der Waals surface area (Å²) in [6.45, 7) is 3.88. The summed E-state index contributed by atoms with van der Waals surface area (Å²) in [5, 5.41) is 21.9. The number of hydrogen-bond acceptors (Lipinski definition) is 6. The summed E-state index contributed by atoms with van der Waals surface area (Å²) < 4.78 is 15.8. The molecule has 0 aliphatic rings. The number of benzene rings is 3. The summed E-state index contributed by atoms with van der Waals surface area (Å²) in [7, 11) is 3.81. The van der Waals surface area contributed by atoms with Crippen molar-refractivity contribution >= 4 is 56.0 Å². The summed E-state index contributed by atoms with van der Waals surface area (Å²) in [5.41, 5.74) is 5.89. The first-order chi connectivity index (χ1) is 21.0. The lowest BCUT2D eigenvalue weighted by Crippen LogP contribution is -2.17. The lowest BCUT2D eigenvalue weighted by molar-refractivity contribution is 0.0512. The van der Waals surface area contributed by atoms with Crippen LogP contribution in [0.4, 0.5) is 0 Å². The van der Waals surface area contributed by atoms with Crippen molar-refractivity contribution in [3.05, 3.63) is 83.3 Å². The Morgan fingerprint density at radius 2 is 1.80 bits per heavy atom. The van der Waals surface area contributed by atoms with Gasteiger partial charge in [-0.25, -0.2) is 4.79 Å². The van der Waals surface area contributed by atoms with Gasteiger partial charge in [-0.15, -0.1) is 12.4 Å². The number of nitrogens with one attached hydrogen (secondary N) is 1. The van der Waals surface area contributed by atoms with Crippen molar-refractivity contribution in [1.29, 1.82) is 0 Å². The van der Waals surface area contributed by atoms with Gasteiger partial charge in [0.25, 0.3) is 0 Å². The number of fused-ring (bicyclic) bond motifs is 2. The number of hydrogen-bond donors (Lipinski definition) is 2. The Bertz CT molecular complexity index is 1730. The van der Waals surface area contributed by atoms with Crippen molar-refractivity contribution in [1.82, 2.24) is 19.7 Å². The maximum absolute atomic E-state index is 13.6. The Labute approximate surface area is 272 Å². The van der Waals surface area contributed by atoms with Crippen LogP contribution in [0.2, 0.25) is 0 Å². The number of aliphatic hydroxyl groups excluding tert-OH is 1. The number of esters is 1. The number of carbonyl (C=O) groups excluding carboxylic acids is 1. The van der Waals surface area contributed by atoms with Crippen molar-refractivity contribution in [2.24, 2.45) is 7.05 Å². The number of halogens is 2. The van der Waals surface area contributed by atoms with E-state index in [4.69, 9.17) is 9.47 Å². The number of aryl methyl sites for hydroxylation is 3. The molecule has 0 atom stereocenters. The molecule has 0 bridgehead atoms. The summed E-state index contributed by atoms with van der Waals surface area (Å²) in [6, 6.07) is 20.5. The SMILES string of the molecule is CCOC(=O)c1c(CCCOc2cccc3ccccc23)c2cccc(-c3c(CO)nn(C)c3CBr)c2n1CCCNC.Cl. The zero-order chi connectivity index (χ0) is 30.3. The lowest BCUT2D eigenvalue weighted by atomic mass is 9.98. The Morgan fingerprint density at radius 3 is 2.55 bits per heavy atom. The molecule has 0 radical (unpaired) electrons. The fraction of sp³-hybridized carbons (Fsp3) is 0.353. The van der Waals surface area contributed by atoms with Gasteiger partial charge in [-0.1, -0.05) is 70.5 Å². The largest absolute Gasteiger partial charge is 0.493 e. The minimum absolute atomic E-state index is 0. The van der Waals surface area contributed by atoms with Gasteiger partial charge < -0.3 is 24.5 Å². The molecule has 2 heterocycles. The van der Waals surface area contributed by atoms with Crippen molar-refractivity contribution in [2.45, 2.75) is 44.7 Å². The molecular weight excluding hydrogens is 644 g/mol. The first kappa shape index (κ1) is 33.5. The average Bonchev–Trinajstić information content (AvgIpc) is 3.53. The maximum atomic E-state index is 13.6. The normalized spacial score (nSPS) is 11.2. The molecule has 0 saturated carbocycles. The van der Waals surface area contributed by atoms with Gasteiger partial charge in [0, 0.05) is 40.8 Å². The van der Waals surface area contributed by atoms with Gasteiger partial charge in [0.05, 0.1) is 36.7 Å². The Hall–Kier alpha value is -3.37. The second-order valence-corrected chi connectivity index (χ2v) is 11.0. The fourth-order valence-electron chi connectivity index (χ4n) is 5.95. The van der Waals surface area contributed by atoms with Crippen LogP contribution in [0.1, 0.15) is 47.2 Å². The van der Waals surface area contributed by atoms with E-state index in [2.05, 4.69) is 61.2 Å². The molecule has 2 aromatic heterocycles. The topological polar surface area (TPSA) is 90.5 Å². The van der Waals surface area contributed by atoms with Crippen LogP contribution in [-0.4, -0.2) is 52.2 Å². The van der Waals surface area contributed by atoms with Crippen LogP contribution < -0.4 is 10.1 Å². The van der Waals surface area contributed by atoms with Crippen LogP contribution in [0.25, 0.3) is 32.8 Å². The molecule has 0 fully saturated rings.